The molecule has 1 heterocycles. The molecular weight excluding hydrogens is 154 g/mol. The predicted molar refractivity (Wildman–Crippen MR) is 46.0 cm³/mol. The Bertz CT molecular complexity index is 276. The summed E-state index contributed by atoms with van der Waals surface area (Å²) in [4.78, 5) is 11.4. The van der Waals surface area contributed by atoms with E-state index in [4.69, 9.17) is 4.42 Å². The van der Waals surface area contributed by atoms with Crippen molar-refractivity contribution in [1.29, 1.82) is 0 Å². The Morgan fingerprint density at radius 3 is 2.67 bits per heavy atom. The molecule has 1 aromatic rings. The molecule has 0 aliphatic rings. The van der Waals surface area contributed by atoms with Crippen LogP contribution in [0.5, 0.6) is 0 Å². The van der Waals surface area contributed by atoms with Crippen LogP contribution in [0.4, 0.5) is 0 Å². The van der Waals surface area contributed by atoms with Crippen LogP contribution >= 0.6 is 0 Å². The first kappa shape index (κ1) is 8.84. The van der Waals surface area contributed by atoms with Gasteiger partial charge in [-0.15, -0.1) is 0 Å². The molecule has 1 rings (SSSR count). The molecule has 12 heavy (non-hydrogen) atoms. The van der Waals surface area contributed by atoms with Crippen molar-refractivity contribution in [2.75, 3.05) is 0 Å². The molecule has 0 unspecified atom stereocenters. The Kier molecular flexibility index (Phi) is 2.53. The minimum absolute atomic E-state index is 0.0729. The zero-order valence-electron chi connectivity index (χ0n) is 7.55. The van der Waals surface area contributed by atoms with Crippen molar-refractivity contribution >= 4 is 5.91 Å². The lowest BCUT2D eigenvalue weighted by atomic mass is 10.2. The van der Waals surface area contributed by atoms with Crippen LogP contribution < -0.4 is 5.32 Å². The second kappa shape index (κ2) is 3.43. The summed E-state index contributed by atoms with van der Waals surface area (Å²) in [6.45, 7) is 5.62. The van der Waals surface area contributed by atoms with Crippen molar-refractivity contribution in [2.24, 2.45) is 0 Å². The van der Waals surface area contributed by atoms with Crippen LogP contribution in [0, 0.1) is 6.92 Å². The minimum atomic E-state index is -0.0729. The molecule has 1 N–H and O–H groups in total. The smallest absolute Gasteiger partial charge is 0.255 e. The van der Waals surface area contributed by atoms with Crippen molar-refractivity contribution in [3.8, 4) is 0 Å². The largest absolute Gasteiger partial charge is 0.469 e. The Morgan fingerprint density at radius 1 is 1.58 bits per heavy atom. The molecule has 3 nitrogen and oxygen atoms in total. The van der Waals surface area contributed by atoms with Gasteiger partial charge in [0.05, 0.1) is 11.8 Å². The Hall–Kier alpha value is -1.25. The maximum atomic E-state index is 11.4. The number of hydrogen-bond acceptors (Lipinski definition) is 2. The molecule has 1 aromatic heterocycles. The van der Waals surface area contributed by atoms with Crippen molar-refractivity contribution in [3.63, 3.8) is 0 Å². The van der Waals surface area contributed by atoms with E-state index in [0.717, 1.165) is 0 Å². The Morgan fingerprint density at radius 2 is 2.25 bits per heavy atom. The van der Waals surface area contributed by atoms with Gasteiger partial charge in [0, 0.05) is 6.04 Å². The van der Waals surface area contributed by atoms with E-state index in [1.54, 1.807) is 13.0 Å². The first-order chi connectivity index (χ1) is 5.61. The maximum absolute atomic E-state index is 11.4. The molecular formula is C9H13NO2. The highest BCUT2D eigenvalue weighted by atomic mass is 16.3. The summed E-state index contributed by atoms with van der Waals surface area (Å²) < 4.78 is 5.01. The summed E-state index contributed by atoms with van der Waals surface area (Å²) in [7, 11) is 0. The quantitative estimate of drug-likeness (QED) is 0.728. The summed E-state index contributed by atoms with van der Waals surface area (Å²) >= 11 is 0. The van der Waals surface area contributed by atoms with Crippen molar-refractivity contribution in [2.45, 2.75) is 26.8 Å². The monoisotopic (exact) mass is 167 g/mol. The SMILES string of the molecule is Cc1occc1C(=O)NC(C)C. The summed E-state index contributed by atoms with van der Waals surface area (Å²) in [6.07, 6.45) is 1.52. The highest BCUT2D eigenvalue weighted by Gasteiger charge is 2.11. The van der Waals surface area contributed by atoms with Gasteiger partial charge < -0.3 is 9.73 Å². The molecule has 0 radical (unpaired) electrons. The second-order valence-electron chi connectivity index (χ2n) is 3.02. The number of hydrogen-bond donors (Lipinski definition) is 1. The summed E-state index contributed by atoms with van der Waals surface area (Å²) in [5, 5.41) is 2.79. The van der Waals surface area contributed by atoms with Crippen molar-refractivity contribution in [1.82, 2.24) is 5.32 Å². The van der Waals surface area contributed by atoms with Gasteiger partial charge in [0.1, 0.15) is 5.76 Å². The Balaban J connectivity index is 2.72. The highest BCUT2D eigenvalue weighted by molar-refractivity contribution is 5.95. The van der Waals surface area contributed by atoms with Gasteiger partial charge in [0.25, 0.3) is 5.91 Å². The summed E-state index contributed by atoms with van der Waals surface area (Å²) in [5.74, 6) is 0.587. The van der Waals surface area contributed by atoms with Gasteiger partial charge in [0.15, 0.2) is 0 Å². The van der Waals surface area contributed by atoms with Gasteiger partial charge in [-0.2, -0.15) is 0 Å². The number of aryl methyl sites for hydroxylation is 1. The average Bonchev–Trinajstić information content (AvgIpc) is 2.33. The Labute approximate surface area is 71.8 Å². The van der Waals surface area contributed by atoms with Crippen LogP contribution in [0.1, 0.15) is 30.0 Å². The number of furan rings is 1. The molecule has 0 fully saturated rings. The van der Waals surface area contributed by atoms with Crippen LogP contribution in [-0.4, -0.2) is 11.9 Å². The van der Waals surface area contributed by atoms with Crippen molar-refractivity contribution in [3.05, 3.63) is 23.7 Å². The predicted octanol–water partition coefficient (Wildman–Crippen LogP) is 1.73. The van der Waals surface area contributed by atoms with Crippen molar-refractivity contribution < 1.29 is 9.21 Å². The molecule has 0 aliphatic carbocycles. The van der Waals surface area contributed by atoms with E-state index < -0.39 is 0 Å². The average molecular weight is 167 g/mol. The van der Waals surface area contributed by atoms with Gasteiger partial charge in [-0.25, -0.2) is 0 Å². The molecule has 0 bridgehead atoms. The molecule has 0 saturated heterocycles. The fourth-order valence-corrected chi connectivity index (χ4v) is 0.960. The first-order valence-electron chi connectivity index (χ1n) is 3.96. The van der Waals surface area contributed by atoms with E-state index in [1.165, 1.54) is 6.26 Å². The molecule has 66 valence electrons. The van der Waals surface area contributed by atoms with Crippen LogP contribution in [0.3, 0.4) is 0 Å². The third-order valence-corrected chi connectivity index (χ3v) is 1.52. The van der Waals surface area contributed by atoms with Gasteiger partial charge in [0.2, 0.25) is 0 Å². The van der Waals surface area contributed by atoms with Crippen LogP contribution in [0.25, 0.3) is 0 Å². The van der Waals surface area contributed by atoms with E-state index >= 15 is 0 Å². The van der Waals surface area contributed by atoms with Gasteiger partial charge in [-0.3, -0.25) is 4.79 Å². The van der Waals surface area contributed by atoms with Gasteiger partial charge in [-0.1, -0.05) is 0 Å². The number of rotatable bonds is 2. The van der Waals surface area contributed by atoms with Crippen LogP contribution in [0.2, 0.25) is 0 Å². The minimum Gasteiger partial charge on any atom is -0.469 e. The van der Waals surface area contributed by atoms with Gasteiger partial charge in [-0.05, 0) is 26.8 Å². The second-order valence-corrected chi connectivity index (χ2v) is 3.02. The van der Waals surface area contributed by atoms with E-state index in [2.05, 4.69) is 5.32 Å². The van der Waals surface area contributed by atoms with E-state index in [1.807, 2.05) is 13.8 Å². The van der Waals surface area contributed by atoms with Crippen LogP contribution in [-0.2, 0) is 0 Å². The lowest BCUT2D eigenvalue weighted by Gasteiger charge is -2.06. The van der Waals surface area contributed by atoms with E-state index in [9.17, 15) is 4.79 Å². The fourth-order valence-electron chi connectivity index (χ4n) is 0.960. The standard InChI is InChI=1S/C9H13NO2/c1-6(2)10-9(11)8-4-5-12-7(8)3/h4-6H,1-3H3,(H,10,11). The topological polar surface area (TPSA) is 42.2 Å². The first-order valence-corrected chi connectivity index (χ1v) is 3.96. The van der Waals surface area contributed by atoms with E-state index in [0.29, 0.717) is 11.3 Å². The highest BCUT2D eigenvalue weighted by Crippen LogP contribution is 2.08. The third kappa shape index (κ3) is 1.87. The molecule has 0 saturated carbocycles. The zero-order valence-corrected chi connectivity index (χ0v) is 7.55. The third-order valence-electron chi connectivity index (χ3n) is 1.52. The zero-order chi connectivity index (χ0) is 9.14. The molecule has 0 atom stereocenters. The number of carbonyl (C=O) groups excluding carboxylic acids is 1. The van der Waals surface area contributed by atoms with E-state index in [-0.39, 0.29) is 11.9 Å². The lowest BCUT2D eigenvalue weighted by molar-refractivity contribution is 0.0941. The lowest BCUT2D eigenvalue weighted by Crippen LogP contribution is -2.30. The summed E-state index contributed by atoms with van der Waals surface area (Å²) in [5.41, 5.74) is 0.615. The number of amides is 1. The van der Waals surface area contributed by atoms with Gasteiger partial charge >= 0.3 is 0 Å². The molecule has 0 spiro atoms. The normalized spacial score (nSPS) is 10.3. The maximum Gasteiger partial charge on any atom is 0.255 e. The molecule has 3 heteroatoms. The fraction of sp³-hybridized carbons (Fsp3) is 0.444. The molecule has 1 amide bonds. The number of carbonyl (C=O) groups is 1. The van der Waals surface area contributed by atoms with Crippen LogP contribution in [0.15, 0.2) is 16.7 Å². The summed E-state index contributed by atoms with van der Waals surface area (Å²) in [6, 6.07) is 1.83. The molecule has 0 aromatic carbocycles. The molecule has 0 aliphatic heterocycles. The number of nitrogens with one attached hydrogen (secondary N) is 1.